The number of amides is 1. The minimum atomic E-state index is -0.497. The van der Waals surface area contributed by atoms with E-state index in [0.717, 1.165) is 18.8 Å². The molecule has 0 aliphatic carbocycles. The number of rotatable bonds is 4. The zero-order valence-corrected chi connectivity index (χ0v) is 20.0. The van der Waals surface area contributed by atoms with Crippen LogP contribution in [0.4, 0.5) is 9.18 Å². The first-order chi connectivity index (χ1) is 16.8. The monoisotopic (exact) mass is 479 g/mol. The second kappa shape index (κ2) is 9.03. The van der Waals surface area contributed by atoms with Crippen LogP contribution >= 0.6 is 0 Å². The molecule has 1 aliphatic heterocycles. The molecule has 35 heavy (non-hydrogen) atoms. The van der Waals surface area contributed by atoms with Gasteiger partial charge in [-0.15, -0.1) is 0 Å². The summed E-state index contributed by atoms with van der Waals surface area (Å²) >= 11 is 0. The number of carbonyl (C=O) groups is 1. The molecule has 1 N–H and O–H groups in total. The highest BCUT2D eigenvalue weighted by molar-refractivity contribution is 5.88. The predicted molar refractivity (Wildman–Crippen MR) is 129 cm³/mol. The number of nitrogens with zero attached hydrogens (tertiary/aromatic N) is 4. The molecule has 5 rings (SSSR count). The Morgan fingerprint density at radius 1 is 1.11 bits per heavy atom. The number of benzene rings is 2. The highest BCUT2D eigenvalue weighted by Crippen LogP contribution is 2.37. The van der Waals surface area contributed by atoms with Crippen molar-refractivity contribution in [3.63, 3.8) is 0 Å². The summed E-state index contributed by atoms with van der Waals surface area (Å²) in [6.45, 7) is 5.91. The van der Waals surface area contributed by atoms with E-state index in [1.165, 1.54) is 13.4 Å². The average molecular weight is 480 g/mol. The maximum atomic E-state index is 15.1. The Balaban J connectivity index is 1.49. The third-order valence-electron chi connectivity index (χ3n) is 6.19. The fourth-order valence-corrected chi connectivity index (χ4v) is 4.40. The minimum absolute atomic E-state index is 0.00453. The van der Waals surface area contributed by atoms with E-state index in [-0.39, 0.29) is 23.4 Å². The number of fused-ring (bicyclic) bond motifs is 2. The van der Waals surface area contributed by atoms with Crippen LogP contribution in [0.25, 0.3) is 21.8 Å². The van der Waals surface area contributed by atoms with Gasteiger partial charge in [-0.25, -0.2) is 19.2 Å². The fourth-order valence-electron chi connectivity index (χ4n) is 4.40. The van der Waals surface area contributed by atoms with Crippen LogP contribution in [0.5, 0.6) is 23.1 Å². The number of ether oxygens (including phenoxy) is 3. The van der Waals surface area contributed by atoms with Crippen molar-refractivity contribution in [1.29, 1.82) is 0 Å². The van der Waals surface area contributed by atoms with Crippen molar-refractivity contribution in [2.75, 3.05) is 33.8 Å². The number of halogens is 1. The van der Waals surface area contributed by atoms with Crippen molar-refractivity contribution in [1.82, 2.24) is 24.8 Å². The van der Waals surface area contributed by atoms with Crippen LogP contribution in [0, 0.1) is 12.7 Å². The van der Waals surface area contributed by atoms with Crippen molar-refractivity contribution in [3.05, 3.63) is 48.2 Å². The van der Waals surface area contributed by atoms with Gasteiger partial charge in [0.15, 0.2) is 23.1 Å². The minimum Gasteiger partial charge on any atom is -0.493 e. The van der Waals surface area contributed by atoms with Gasteiger partial charge >= 0.3 is 6.09 Å². The molecule has 2 aromatic heterocycles. The van der Waals surface area contributed by atoms with Crippen LogP contribution in [-0.2, 0) is 0 Å². The van der Waals surface area contributed by atoms with Crippen molar-refractivity contribution in [2.24, 2.45) is 0 Å². The Labute approximate surface area is 201 Å². The van der Waals surface area contributed by atoms with E-state index in [2.05, 4.69) is 19.9 Å². The van der Waals surface area contributed by atoms with Gasteiger partial charge in [-0.1, -0.05) is 0 Å². The maximum absolute atomic E-state index is 15.1. The summed E-state index contributed by atoms with van der Waals surface area (Å²) in [7, 11) is 3.50. The second-order valence-electron chi connectivity index (χ2n) is 8.76. The Kier molecular flexibility index (Phi) is 5.89. The quantitative estimate of drug-likeness (QED) is 0.461. The van der Waals surface area contributed by atoms with Crippen LogP contribution in [0.15, 0.2) is 36.7 Å². The number of hydrogen-bond acceptors (Lipinski definition) is 7. The largest absolute Gasteiger partial charge is 0.493 e. The Morgan fingerprint density at radius 3 is 2.71 bits per heavy atom. The zero-order chi connectivity index (χ0) is 24.7. The molecule has 10 heteroatoms. The molecule has 1 saturated heterocycles. The van der Waals surface area contributed by atoms with Crippen molar-refractivity contribution < 1.29 is 23.4 Å². The summed E-state index contributed by atoms with van der Waals surface area (Å²) in [5.74, 6) is 0.203. The van der Waals surface area contributed by atoms with Gasteiger partial charge in [0.1, 0.15) is 6.33 Å². The molecule has 1 aliphatic rings. The highest BCUT2D eigenvalue weighted by Gasteiger charge is 2.28. The lowest BCUT2D eigenvalue weighted by molar-refractivity contribution is 0.0886. The standard InChI is InChI=1S/C25H26FN5O4/c1-14-9-16-18(29-14)5-6-20(23(16)26)34-24-17-10-22(21(33-4)11-19(17)27-13-28-24)35-25(32)31-8-7-30(3)12-15(31)2/h5-6,9-11,13,15,29H,7-8,12H2,1-4H3/t15-/m0/s1. The van der Waals surface area contributed by atoms with E-state index in [4.69, 9.17) is 14.2 Å². The van der Waals surface area contributed by atoms with Crippen molar-refractivity contribution in [3.8, 4) is 23.1 Å². The molecule has 3 heterocycles. The van der Waals surface area contributed by atoms with Crippen LogP contribution < -0.4 is 14.2 Å². The third kappa shape index (κ3) is 4.32. The Hall–Kier alpha value is -3.92. The van der Waals surface area contributed by atoms with Gasteiger partial charge in [0, 0.05) is 48.3 Å². The number of hydrogen-bond donors (Lipinski definition) is 1. The highest BCUT2D eigenvalue weighted by atomic mass is 19.1. The van der Waals surface area contributed by atoms with Crippen LogP contribution in [-0.4, -0.2) is 70.7 Å². The lowest BCUT2D eigenvalue weighted by atomic mass is 10.2. The molecule has 0 spiro atoms. The first-order valence-corrected chi connectivity index (χ1v) is 11.3. The van der Waals surface area contributed by atoms with Gasteiger partial charge in [-0.05, 0) is 45.2 Å². The normalized spacial score (nSPS) is 16.6. The summed E-state index contributed by atoms with van der Waals surface area (Å²) in [6, 6.07) is 8.23. The maximum Gasteiger partial charge on any atom is 0.415 e. The van der Waals surface area contributed by atoms with Crippen molar-refractivity contribution >= 4 is 27.9 Å². The molecule has 2 aromatic carbocycles. The number of piperazine rings is 1. The molecule has 0 radical (unpaired) electrons. The van der Waals surface area contributed by atoms with E-state index in [0.29, 0.717) is 34.1 Å². The van der Waals surface area contributed by atoms with Gasteiger partial charge in [-0.3, -0.25) is 0 Å². The van der Waals surface area contributed by atoms with Gasteiger partial charge in [0.05, 0.1) is 18.0 Å². The number of aryl methyl sites for hydroxylation is 1. The molecular formula is C25H26FN5O4. The van der Waals surface area contributed by atoms with Gasteiger partial charge in [-0.2, -0.15) is 0 Å². The first kappa shape index (κ1) is 22.9. The molecule has 1 fully saturated rings. The van der Waals surface area contributed by atoms with E-state index in [1.54, 1.807) is 35.2 Å². The smallest absolute Gasteiger partial charge is 0.415 e. The number of methoxy groups -OCH3 is 1. The number of nitrogens with one attached hydrogen (secondary N) is 1. The van der Waals surface area contributed by atoms with Crippen LogP contribution in [0.2, 0.25) is 0 Å². The van der Waals surface area contributed by atoms with Gasteiger partial charge < -0.3 is 29.0 Å². The van der Waals surface area contributed by atoms with E-state index >= 15 is 4.39 Å². The summed E-state index contributed by atoms with van der Waals surface area (Å²) in [5.41, 5.74) is 2.02. The summed E-state index contributed by atoms with van der Waals surface area (Å²) in [5, 5.41) is 0.878. The first-order valence-electron chi connectivity index (χ1n) is 11.3. The lowest BCUT2D eigenvalue weighted by Gasteiger charge is -2.37. The van der Waals surface area contributed by atoms with Gasteiger partial charge in [0.25, 0.3) is 0 Å². The number of carbonyl (C=O) groups excluding carboxylic acids is 1. The number of H-pyrrole nitrogens is 1. The molecule has 4 aromatic rings. The van der Waals surface area contributed by atoms with E-state index in [1.807, 2.05) is 20.9 Å². The molecule has 1 atom stereocenters. The van der Waals surface area contributed by atoms with Gasteiger partial charge in [0.2, 0.25) is 5.88 Å². The third-order valence-corrected chi connectivity index (χ3v) is 6.19. The molecule has 0 bridgehead atoms. The van der Waals surface area contributed by atoms with Crippen LogP contribution in [0.3, 0.4) is 0 Å². The predicted octanol–water partition coefficient (Wildman–Crippen LogP) is 4.49. The number of likely N-dealkylation sites (N-methyl/N-ethyl adjacent to an activating group) is 1. The van der Waals surface area contributed by atoms with Crippen LogP contribution in [0.1, 0.15) is 12.6 Å². The zero-order valence-electron chi connectivity index (χ0n) is 20.0. The summed E-state index contributed by atoms with van der Waals surface area (Å²) in [4.78, 5) is 28.4. The number of aromatic amines is 1. The topological polar surface area (TPSA) is 92.8 Å². The fraction of sp³-hybridized carbons (Fsp3) is 0.320. The average Bonchev–Trinajstić information content (AvgIpc) is 3.22. The molecule has 0 saturated carbocycles. The summed E-state index contributed by atoms with van der Waals surface area (Å²) < 4.78 is 32.2. The lowest BCUT2D eigenvalue weighted by Crippen LogP contribution is -2.53. The van der Waals surface area contributed by atoms with Crippen molar-refractivity contribution in [2.45, 2.75) is 19.9 Å². The SMILES string of the molecule is COc1cc2ncnc(Oc3ccc4[nH]c(C)cc4c3F)c2cc1OC(=O)N1CCN(C)C[C@@H]1C. The second-order valence-corrected chi connectivity index (χ2v) is 8.76. The molecule has 182 valence electrons. The summed E-state index contributed by atoms with van der Waals surface area (Å²) in [6.07, 6.45) is 0.855. The Bertz CT molecular complexity index is 1420. The van der Waals surface area contributed by atoms with E-state index < -0.39 is 11.9 Å². The Morgan fingerprint density at radius 2 is 1.94 bits per heavy atom. The number of aromatic nitrogens is 3. The molecule has 0 unspecified atom stereocenters. The molecule has 1 amide bonds. The molecule has 9 nitrogen and oxygen atoms in total. The molecular weight excluding hydrogens is 453 g/mol. The van der Waals surface area contributed by atoms with E-state index in [9.17, 15) is 4.79 Å².